The van der Waals surface area contributed by atoms with Gasteiger partial charge < -0.3 is 9.47 Å². The lowest BCUT2D eigenvalue weighted by atomic mass is 9.98. The Morgan fingerprint density at radius 2 is 1.86 bits per heavy atom. The summed E-state index contributed by atoms with van der Waals surface area (Å²) in [6.45, 7) is 4.67. The number of aromatic nitrogens is 6. The number of nitrogens with zero attached hydrogens (tertiary/aromatic N) is 6. The number of benzene rings is 2. The van der Waals surface area contributed by atoms with Gasteiger partial charge in [0.2, 0.25) is 5.88 Å². The average Bonchev–Trinajstić information content (AvgIpc) is 3.53. The summed E-state index contributed by atoms with van der Waals surface area (Å²) in [6, 6.07) is 16.7. The normalized spacial score (nSPS) is 11.1. The highest BCUT2D eigenvalue weighted by Crippen LogP contribution is 2.27. The number of rotatable bonds is 7. The monoisotopic (exact) mass is 468 g/mol. The first kappa shape index (κ1) is 22.3. The fraction of sp³-hybridized carbons (Fsp3) is 0.192. The van der Waals surface area contributed by atoms with Crippen LogP contribution in [0.2, 0.25) is 0 Å². The van der Waals surface area contributed by atoms with Gasteiger partial charge in [0.15, 0.2) is 0 Å². The molecule has 0 saturated carbocycles. The van der Waals surface area contributed by atoms with E-state index in [0.29, 0.717) is 29.0 Å². The van der Waals surface area contributed by atoms with Crippen molar-refractivity contribution < 1.29 is 14.3 Å². The van der Waals surface area contributed by atoms with Crippen LogP contribution < -0.4 is 4.74 Å². The van der Waals surface area contributed by atoms with E-state index in [4.69, 9.17) is 9.47 Å². The Labute approximate surface area is 202 Å². The SMILES string of the molecule is CCOC(=O)c1cnn(-c2nc(OC)c3c(cnn3Cc3ccc(C)c(-c4ccccc4)c3)n2)c1. The lowest BCUT2D eigenvalue weighted by Gasteiger charge is -2.11. The van der Waals surface area contributed by atoms with Crippen molar-refractivity contribution in [1.29, 1.82) is 0 Å². The van der Waals surface area contributed by atoms with Gasteiger partial charge in [-0.3, -0.25) is 4.68 Å². The number of hydrogen-bond acceptors (Lipinski definition) is 7. The molecule has 0 bridgehead atoms. The Morgan fingerprint density at radius 1 is 1.03 bits per heavy atom. The van der Waals surface area contributed by atoms with Crippen molar-refractivity contribution in [2.24, 2.45) is 0 Å². The molecule has 0 aliphatic rings. The molecule has 176 valence electrons. The molecule has 3 heterocycles. The van der Waals surface area contributed by atoms with Crippen LogP contribution >= 0.6 is 0 Å². The zero-order valence-corrected chi connectivity index (χ0v) is 19.7. The molecule has 0 N–H and O–H groups in total. The van der Waals surface area contributed by atoms with Crippen molar-refractivity contribution in [2.45, 2.75) is 20.4 Å². The number of carbonyl (C=O) groups excluding carboxylic acids is 1. The number of esters is 1. The first-order chi connectivity index (χ1) is 17.1. The molecule has 0 spiro atoms. The van der Waals surface area contributed by atoms with E-state index >= 15 is 0 Å². The Bertz CT molecular complexity index is 1510. The first-order valence-electron chi connectivity index (χ1n) is 11.2. The van der Waals surface area contributed by atoms with Gasteiger partial charge in [-0.2, -0.15) is 15.2 Å². The Hall–Kier alpha value is -4.53. The van der Waals surface area contributed by atoms with Gasteiger partial charge in [0.25, 0.3) is 5.95 Å². The highest BCUT2D eigenvalue weighted by atomic mass is 16.5. The standard InChI is InChI=1S/C26H24N6O3/c1-4-35-25(33)20-13-27-32(16-20)26-29-22-14-28-31(23(22)24(30-26)34-3)15-18-11-10-17(2)21(12-18)19-8-6-5-7-9-19/h5-14,16H,4,15H2,1-3H3. The number of carbonyl (C=O) groups is 1. The second-order valence-electron chi connectivity index (χ2n) is 7.98. The largest absolute Gasteiger partial charge is 0.479 e. The van der Waals surface area contributed by atoms with Crippen LogP contribution in [-0.4, -0.2) is 49.2 Å². The minimum absolute atomic E-state index is 0.270. The van der Waals surface area contributed by atoms with Crippen LogP contribution in [0.5, 0.6) is 5.88 Å². The second-order valence-corrected chi connectivity index (χ2v) is 7.98. The Balaban J connectivity index is 1.49. The Kier molecular flexibility index (Phi) is 5.97. The van der Waals surface area contributed by atoms with Crippen LogP contribution in [-0.2, 0) is 11.3 Å². The summed E-state index contributed by atoms with van der Waals surface area (Å²) >= 11 is 0. The molecule has 0 unspecified atom stereocenters. The molecule has 0 radical (unpaired) electrons. The molecule has 9 heteroatoms. The smallest absolute Gasteiger partial charge is 0.341 e. The molecular weight excluding hydrogens is 444 g/mol. The van der Waals surface area contributed by atoms with Crippen molar-refractivity contribution in [2.75, 3.05) is 13.7 Å². The lowest BCUT2D eigenvalue weighted by Crippen LogP contribution is -2.07. The third-order valence-corrected chi connectivity index (χ3v) is 5.66. The fourth-order valence-corrected chi connectivity index (χ4v) is 3.94. The molecule has 2 aromatic carbocycles. The molecule has 0 atom stereocenters. The van der Waals surface area contributed by atoms with E-state index in [1.165, 1.54) is 33.8 Å². The topological polar surface area (TPSA) is 97.0 Å². The summed E-state index contributed by atoms with van der Waals surface area (Å²) < 4.78 is 13.8. The maximum Gasteiger partial charge on any atom is 0.341 e. The maximum absolute atomic E-state index is 12.0. The van der Waals surface area contributed by atoms with Gasteiger partial charge in [-0.25, -0.2) is 14.5 Å². The summed E-state index contributed by atoms with van der Waals surface area (Å²) in [6.07, 6.45) is 4.62. The van der Waals surface area contributed by atoms with Crippen molar-refractivity contribution in [3.05, 3.63) is 83.8 Å². The third-order valence-electron chi connectivity index (χ3n) is 5.66. The summed E-state index contributed by atoms with van der Waals surface area (Å²) in [5, 5.41) is 8.75. The fourth-order valence-electron chi connectivity index (χ4n) is 3.94. The third kappa shape index (κ3) is 4.35. The van der Waals surface area contributed by atoms with E-state index < -0.39 is 5.97 Å². The van der Waals surface area contributed by atoms with Gasteiger partial charge in [0.05, 0.1) is 38.2 Å². The molecule has 0 aliphatic carbocycles. The van der Waals surface area contributed by atoms with Gasteiger partial charge in [-0.15, -0.1) is 0 Å². The Morgan fingerprint density at radius 3 is 2.63 bits per heavy atom. The van der Waals surface area contributed by atoms with Crippen LogP contribution in [0.3, 0.4) is 0 Å². The summed E-state index contributed by atoms with van der Waals surface area (Å²) in [7, 11) is 1.55. The molecule has 5 rings (SSSR count). The van der Waals surface area contributed by atoms with Crippen LogP contribution in [0, 0.1) is 6.92 Å². The number of methoxy groups -OCH3 is 1. The minimum Gasteiger partial charge on any atom is -0.479 e. The van der Waals surface area contributed by atoms with Gasteiger partial charge in [-0.05, 0) is 42.2 Å². The van der Waals surface area contributed by atoms with Gasteiger partial charge in [0, 0.05) is 6.20 Å². The van der Waals surface area contributed by atoms with E-state index in [1.807, 2.05) is 22.9 Å². The summed E-state index contributed by atoms with van der Waals surface area (Å²) in [4.78, 5) is 21.1. The molecule has 0 saturated heterocycles. The molecule has 9 nitrogen and oxygen atoms in total. The molecule has 0 fully saturated rings. The van der Waals surface area contributed by atoms with Crippen LogP contribution in [0.25, 0.3) is 28.1 Å². The number of fused-ring (bicyclic) bond motifs is 1. The maximum atomic E-state index is 12.0. The van der Waals surface area contributed by atoms with E-state index in [1.54, 1.807) is 20.2 Å². The molecule has 5 aromatic rings. The van der Waals surface area contributed by atoms with Gasteiger partial charge in [-0.1, -0.05) is 42.5 Å². The highest BCUT2D eigenvalue weighted by molar-refractivity contribution is 5.88. The summed E-state index contributed by atoms with van der Waals surface area (Å²) in [5.74, 6) is 0.185. The van der Waals surface area contributed by atoms with Crippen molar-refractivity contribution in [3.63, 3.8) is 0 Å². The molecule has 0 amide bonds. The quantitative estimate of drug-likeness (QED) is 0.330. The highest BCUT2D eigenvalue weighted by Gasteiger charge is 2.18. The second kappa shape index (κ2) is 9.38. The van der Waals surface area contributed by atoms with Crippen LogP contribution in [0.4, 0.5) is 0 Å². The predicted molar refractivity (Wildman–Crippen MR) is 131 cm³/mol. The van der Waals surface area contributed by atoms with E-state index in [2.05, 4.69) is 57.4 Å². The molecule has 3 aromatic heterocycles. The average molecular weight is 469 g/mol. The van der Waals surface area contributed by atoms with E-state index in [-0.39, 0.29) is 12.6 Å². The van der Waals surface area contributed by atoms with Gasteiger partial charge in [0.1, 0.15) is 11.0 Å². The number of aryl methyl sites for hydroxylation is 1. The van der Waals surface area contributed by atoms with Crippen LogP contribution in [0.1, 0.15) is 28.4 Å². The molecular formula is C26H24N6O3. The molecule has 0 aliphatic heterocycles. The number of ether oxygens (including phenoxy) is 2. The number of hydrogen-bond donors (Lipinski definition) is 0. The predicted octanol–water partition coefficient (Wildman–Crippen LogP) is 4.22. The lowest BCUT2D eigenvalue weighted by molar-refractivity contribution is 0.0526. The molecule has 35 heavy (non-hydrogen) atoms. The van der Waals surface area contributed by atoms with Crippen molar-refractivity contribution in [3.8, 4) is 23.0 Å². The van der Waals surface area contributed by atoms with Crippen LogP contribution in [0.15, 0.2) is 67.1 Å². The van der Waals surface area contributed by atoms with Crippen molar-refractivity contribution in [1.82, 2.24) is 29.5 Å². The van der Waals surface area contributed by atoms with E-state index in [9.17, 15) is 4.79 Å². The zero-order chi connectivity index (χ0) is 24.4. The zero-order valence-electron chi connectivity index (χ0n) is 19.7. The van der Waals surface area contributed by atoms with Gasteiger partial charge >= 0.3 is 5.97 Å². The minimum atomic E-state index is -0.451. The first-order valence-corrected chi connectivity index (χ1v) is 11.2. The van der Waals surface area contributed by atoms with Crippen molar-refractivity contribution >= 4 is 17.0 Å². The van der Waals surface area contributed by atoms with E-state index in [0.717, 1.165) is 5.56 Å². The summed E-state index contributed by atoms with van der Waals surface area (Å²) in [5.41, 5.74) is 6.25.